The Balaban J connectivity index is 1.84. The molecular formula is C14H27NO. The Bertz CT molecular complexity index is 237. The molecule has 2 fully saturated rings. The second-order valence-corrected chi connectivity index (χ2v) is 6.45. The molecule has 0 heterocycles. The molecule has 0 saturated heterocycles. The maximum absolute atomic E-state index is 9.28. The highest BCUT2D eigenvalue weighted by Crippen LogP contribution is 2.57. The van der Waals surface area contributed by atoms with Crippen LogP contribution in [-0.2, 0) is 0 Å². The van der Waals surface area contributed by atoms with Gasteiger partial charge in [-0.05, 0) is 50.0 Å². The number of aliphatic hydroxyl groups is 1. The summed E-state index contributed by atoms with van der Waals surface area (Å²) in [7, 11) is 0. The van der Waals surface area contributed by atoms with E-state index in [0.717, 1.165) is 24.8 Å². The minimum Gasteiger partial charge on any atom is -0.393 e. The van der Waals surface area contributed by atoms with Crippen molar-refractivity contribution in [3.8, 4) is 0 Å². The van der Waals surface area contributed by atoms with E-state index in [4.69, 9.17) is 0 Å². The van der Waals surface area contributed by atoms with Crippen LogP contribution in [0.25, 0.3) is 0 Å². The van der Waals surface area contributed by atoms with Crippen molar-refractivity contribution in [2.24, 2.45) is 17.3 Å². The lowest BCUT2D eigenvalue weighted by molar-refractivity contribution is -0.0879. The number of fused-ring (bicyclic) bond motifs is 1. The first-order valence-electron chi connectivity index (χ1n) is 6.95. The second kappa shape index (κ2) is 4.66. The average molecular weight is 225 g/mol. The molecule has 4 atom stereocenters. The molecule has 0 aliphatic heterocycles. The van der Waals surface area contributed by atoms with Gasteiger partial charge < -0.3 is 10.4 Å². The summed E-state index contributed by atoms with van der Waals surface area (Å²) in [6.45, 7) is 7.67. The Labute approximate surface area is 99.8 Å². The highest BCUT2D eigenvalue weighted by Gasteiger charge is 2.55. The van der Waals surface area contributed by atoms with E-state index < -0.39 is 0 Å². The monoisotopic (exact) mass is 225 g/mol. The maximum atomic E-state index is 9.28. The standard InChI is InChI=1S/C14H27NO/c1-10(16)8-9-15-13-11-6-4-5-7-12(11)14(13,2)3/h10-13,15-16H,4-9H2,1-3H3/t10-,11-,12+,13-/m1/s1. The molecule has 2 N–H and O–H groups in total. The molecule has 0 unspecified atom stereocenters. The van der Waals surface area contributed by atoms with Gasteiger partial charge in [0.25, 0.3) is 0 Å². The van der Waals surface area contributed by atoms with E-state index in [2.05, 4.69) is 19.2 Å². The zero-order valence-corrected chi connectivity index (χ0v) is 11.0. The summed E-state index contributed by atoms with van der Waals surface area (Å²) < 4.78 is 0. The van der Waals surface area contributed by atoms with E-state index in [1.54, 1.807) is 0 Å². The summed E-state index contributed by atoms with van der Waals surface area (Å²) in [5.74, 6) is 1.86. The Morgan fingerprint density at radius 1 is 1.31 bits per heavy atom. The second-order valence-electron chi connectivity index (χ2n) is 6.45. The molecule has 2 heteroatoms. The quantitative estimate of drug-likeness (QED) is 0.770. The molecule has 0 aromatic rings. The van der Waals surface area contributed by atoms with Crippen molar-refractivity contribution in [1.82, 2.24) is 5.32 Å². The fourth-order valence-corrected chi connectivity index (χ4v) is 4.01. The minimum absolute atomic E-state index is 0.169. The molecule has 0 spiro atoms. The lowest BCUT2D eigenvalue weighted by Gasteiger charge is -2.61. The topological polar surface area (TPSA) is 32.3 Å². The summed E-state index contributed by atoms with van der Waals surface area (Å²) in [4.78, 5) is 0. The summed E-state index contributed by atoms with van der Waals surface area (Å²) in [6.07, 6.45) is 6.42. The molecule has 2 saturated carbocycles. The zero-order valence-electron chi connectivity index (χ0n) is 11.0. The van der Waals surface area contributed by atoms with Crippen molar-refractivity contribution in [1.29, 1.82) is 0 Å². The summed E-state index contributed by atoms with van der Waals surface area (Å²) in [5, 5.41) is 13.0. The maximum Gasteiger partial charge on any atom is 0.0524 e. The van der Waals surface area contributed by atoms with Crippen molar-refractivity contribution >= 4 is 0 Å². The van der Waals surface area contributed by atoms with Crippen LogP contribution in [0.3, 0.4) is 0 Å². The van der Waals surface area contributed by atoms with Crippen LogP contribution in [0, 0.1) is 17.3 Å². The Hall–Kier alpha value is -0.0800. The van der Waals surface area contributed by atoms with Crippen molar-refractivity contribution in [2.45, 2.75) is 65.0 Å². The first kappa shape index (κ1) is 12.4. The normalized spacial score (nSPS) is 38.6. The number of rotatable bonds is 4. The minimum atomic E-state index is -0.169. The third kappa shape index (κ3) is 2.14. The third-order valence-electron chi connectivity index (χ3n) is 4.93. The van der Waals surface area contributed by atoms with Gasteiger partial charge in [0, 0.05) is 6.04 Å². The van der Waals surface area contributed by atoms with Crippen molar-refractivity contribution in [3.05, 3.63) is 0 Å². The number of nitrogens with one attached hydrogen (secondary N) is 1. The van der Waals surface area contributed by atoms with E-state index in [-0.39, 0.29) is 6.10 Å². The molecule has 2 aliphatic rings. The molecule has 0 bridgehead atoms. The van der Waals surface area contributed by atoms with Crippen LogP contribution in [0.2, 0.25) is 0 Å². The molecule has 2 rings (SSSR count). The van der Waals surface area contributed by atoms with E-state index in [1.165, 1.54) is 25.7 Å². The molecule has 0 amide bonds. The summed E-state index contributed by atoms with van der Waals surface area (Å²) in [6, 6.07) is 0.691. The van der Waals surface area contributed by atoms with Crippen LogP contribution in [0.1, 0.15) is 52.9 Å². The molecule has 2 nitrogen and oxygen atoms in total. The highest BCUT2D eigenvalue weighted by atomic mass is 16.3. The van der Waals surface area contributed by atoms with Gasteiger partial charge in [-0.2, -0.15) is 0 Å². The predicted octanol–water partition coefficient (Wildman–Crippen LogP) is 2.56. The first-order chi connectivity index (χ1) is 7.53. The molecule has 0 aromatic carbocycles. The molecule has 0 radical (unpaired) electrons. The summed E-state index contributed by atoms with van der Waals surface area (Å²) >= 11 is 0. The molecule has 2 aliphatic carbocycles. The third-order valence-corrected chi connectivity index (χ3v) is 4.93. The summed E-state index contributed by atoms with van der Waals surface area (Å²) in [5.41, 5.74) is 0.476. The van der Waals surface area contributed by atoms with Gasteiger partial charge >= 0.3 is 0 Å². The zero-order chi connectivity index (χ0) is 11.8. The smallest absolute Gasteiger partial charge is 0.0524 e. The molecule has 94 valence electrons. The van der Waals surface area contributed by atoms with Crippen LogP contribution >= 0.6 is 0 Å². The van der Waals surface area contributed by atoms with Crippen LogP contribution in [-0.4, -0.2) is 23.8 Å². The van der Waals surface area contributed by atoms with Gasteiger partial charge in [0.15, 0.2) is 0 Å². The van der Waals surface area contributed by atoms with E-state index >= 15 is 0 Å². The fraction of sp³-hybridized carbons (Fsp3) is 1.00. The Kier molecular flexibility index (Phi) is 3.60. The average Bonchev–Trinajstić information content (AvgIpc) is 2.24. The van der Waals surface area contributed by atoms with Gasteiger partial charge in [-0.15, -0.1) is 0 Å². The number of hydrogen-bond acceptors (Lipinski definition) is 2. The van der Waals surface area contributed by atoms with Gasteiger partial charge in [-0.25, -0.2) is 0 Å². The van der Waals surface area contributed by atoms with Crippen molar-refractivity contribution in [2.75, 3.05) is 6.54 Å². The van der Waals surface area contributed by atoms with Crippen LogP contribution in [0.15, 0.2) is 0 Å². The van der Waals surface area contributed by atoms with Crippen LogP contribution in [0.5, 0.6) is 0 Å². The molecular weight excluding hydrogens is 198 g/mol. The lowest BCUT2D eigenvalue weighted by atomic mass is 9.48. The Morgan fingerprint density at radius 3 is 2.69 bits per heavy atom. The van der Waals surface area contributed by atoms with Gasteiger partial charge in [-0.3, -0.25) is 0 Å². The molecule has 16 heavy (non-hydrogen) atoms. The van der Waals surface area contributed by atoms with Gasteiger partial charge in [-0.1, -0.05) is 26.7 Å². The largest absolute Gasteiger partial charge is 0.393 e. The lowest BCUT2D eigenvalue weighted by Crippen LogP contribution is -2.65. The molecule has 0 aromatic heterocycles. The van der Waals surface area contributed by atoms with Gasteiger partial charge in [0.05, 0.1) is 6.10 Å². The van der Waals surface area contributed by atoms with E-state index in [1.807, 2.05) is 6.92 Å². The van der Waals surface area contributed by atoms with Crippen LogP contribution in [0.4, 0.5) is 0 Å². The van der Waals surface area contributed by atoms with E-state index in [0.29, 0.717) is 11.5 Å². The van der Waals surface area contributed by atoms with Crippen LogP contribution < -0.4 is 5.32 Å². The van der Waals surface area contributed by atoms with Gasteiger partial charge in [0.1, 0.15) is 0 Å². The first-order valence-corrected chi connectivity index (χ1v) is 6.95. The van der Waals surface area contributed by atoms with Crippen molar-refractivity contribution < 1.29 is 5.11 Å². The van der Waals surface area contributed by atoms with Gasteiger partial charge in [0.2, 0.25) is 0 Å². The number of aliphatic hydroxyl groups excluding tert-OH is 1. The highest BCUT2D eigenvalue weighted by molar-refractivity contribution is 5.08. The van der Waals surface area contributed by atoms with Crippen molar-refractivity contribution in [3.63, 3.8) is 0 Å². The SMILES string of the molecule is C[C@@H](O)CCN[C@@H]1[C@@H]2CCCC[C@@H]2C1(C)C. The number of hydrogen-bond donors (Lipinski definition) is 2. The Morgan fingerprint density at radius 2 is 2.00 bits per heavy atom. The fourth-order valence-electron chi connectivity index (χ4n) is 4.01. The predicted molar refractivity (Wildman–Crippen MR) is 67.3 cm³/mol. The van der Waals surface area contributed by atoms with E-state index in [9.17, 15) is 5.11 Å².